The zero-order valence-corrected chi connectivity index (χ0v) is 14.0. The van der Waals surface area contributed by atoms with Gasteiger partial charge in [-0.15, -0.1) is 0 Å². The van der Waals surface area contributed by atoms with Crippen LogP contribution in [0.4, 0.5) is 15.8 Å². The lowest BCUT2D eigenvalue weighted by Crippen LogP contribution is -2.23. The molecular formula is C19H21FN2O2. The molecule has 0 unspecified atom stereocenters. The fourth-order valence-corrected chi connectivity index (χ4v) is 2.77. The van der Waals surface area contributed by atoms with Gasteiger partial charge in [0.2, 0.25) is 0 Å². The second-order valence-electron chi connectivity index (χ2n) is 6.01. The molecule has 24 heavy (non-hydrogen) atoms. The Morgan fingerprint density at radius 1 is 1.17 bits per heavy atom. The highest BCUT2D eigenvalue weighted by atomic mass is 19.1. The van der Waals surface area contributed by atoms with Crippen LogP contribution in [0.5, 0.6) is 5.75 Å². The summed E-state index contributed by atoms with van der Waals surface area (Å²) in [5.74, 6) is 0.678. The molecule has 0 N–H and O–H groups in total. The van der Waals surface area contributed by atoms with Crippen molar-refractivity contribution in [1.29, 1.82) is 0 Å². The Hall–Kier alpha value is -2.56. The van der Waals surface area contributed by atoms with Gasteiger partial charge in [0.05, 0.1) is 19.8 Å². The Morgan fingerprint density at radius 2 is 1.92 bits per heavy atom. The third-order valence-corrected chi connectivity index (χ3v) is 4.11. The van der Waals surface area contributed by atoms with Crippen molar-refractivity contribution < 1.29 is 13.9 Å². The van der Waals surface area contributed by atoms with Gasteiger partial charge in [0.15, 0.2) is 0 Å². The van der Waals surface area contributed by atoms with Crippen molar-refractivity contribution in [3.05, 3.63) is 53.6 Å². The number of rotatable bonds is 6. The number of carbonyl (C=O) groups excluding carboxylic acids is 1. The first-order valence-corrected chi connectivity index (χ1v) is 8.01. The van der Waals surface area contributed by atoms with Crippen molar-refractivity contribution in [3.63, 3.8) is 0 Å². The fraction of sp³-hybridized carbons (Fsp3) is 0.316. The van der Waals surface area contributed by atoms with Crippen LogP contribution in [-0.4, -0.2) is 33.3 Å². The summed E-state index contributed by atoms with van der Waals surface area (Å²) < 4.78 is 17.7. The number of ether oxygens (including phenoxy) is 1. The smallest absolute Gasteiger partial charge is 0.258 e. The molecule has 1 heterocycles. The summed E-state index contributed by atoms with van der Waals surface area (Å²) in [5, 5.41) is 0. The zero-order chi connectivity index (χ0) is 17.1. The highest BCUT2D eigenvalue weighted by Gasteiger charge is 2.28. The van der Waals surface area contributed by atoms with Crippen LogP contribution in [0.25, 0.3) is 0 Å². The quantitative estimate of drug-likeness (QED) is 0.759. The van der Waals surface area contributed by atoms with Crippen molar-refractivity contribution in [2.45, 2.75) is 13.0 Å². The van der Waals surface area contributed by atoms with Crippen molar-refractivity contribution in [2.75, 3.05) is 37.2 Å². The molecule has 126 valence electrons. The predicted octanol–water partition coefficient (Wildman–Crippen LogP) is 3.65. The molecule has 3 rings (SSSR count). The summed E-state index contributed by atoms with van der Waals surface area (Å²) in [5.41, 5.74) is 3.60. The van der Waals surface area contributed by atoms with Crippen LogP contribution in [0, 0.1) is 0 Å². The lowest BCUT2D eigenvalue weighted by molar-refractivity contribution is 0.0996. The van der Waals surface area contributed by atoms with Crippen LogP contribution >= 0.6 is 0 Å². The topological polar surface area (TPSA) is 32.8 Å². The van der Waals surface area contributed by atoms with E-state index in [0.29, 0.717) is 30.9 Å². The van der Waals surface area contributed by atoms with E-state index in [2.05, 4.69) is 0 Å². The minimum Gasteiger partial charge on any atom is -0.493 e. The number of hydrogen-bond acceptors (Lipinski definition) is 3. The Balaban J connectivity index is 1.77. The van der Waals surface area contributed by atoms with Crippen LogP contribution in [0.15, 0.2) is 42.5 Å². The van der Waals surface area contributed by atoms with Crippen LogP contribution in [0.2, 0.25) is 0 Å². The molecule has 2 aromatic rings. The molecule has 4 nitrogen and oxygen atoms in total. The van der Waals surface area contributed by atoms with E-state index in [1.54, 1.807) is 17.0 Å². The molecule has 1 aliphatic heterocycles. The molecule has 0 atom stereocenters. The number of benzene rings is 2. The molecule has 1 amide bonds. The van der Waals surface area contributed by atoms with Crippen molar-refractivity contribution >= 4 is 17.3 Å². The maximum Gasteiger partial charge on any atom is 0.258 e. The van der Waals surface area contributed by atoms with Gasteiger partial charge in [0.1, 0.15) is 5.75 Å². The number of fused-ring (bicyclic) bond motifs is 1. The van der Waals surface area contributed by atoms with E-state index in [1.807, 2.05) is 49.3 Å². The molecule has 5 heteroatoms. The van der Waals surface area contributed by atoms with Crippen molar-refractivity contribution in [2.24, 2.45) is 0 Å². The molecule has 0 radical (unpaired) electrons. The molecule has 0 bridgehead atoms. The van der Waals surface area contributed by atoms with Crippen molar-refractivity contribution in [1.82, 2.24) is 0 Å². The lowest BCUT2D eigenvalue weighted by atomic mass is 10.1. The van der Waals surface area contributed by atoms with Gasteiger partial charge >= 0.3 is 0 Å². The zero-order valence-electron chi connectivity index (χ0n) is 14.0. The summed E-state index contributed by atoms with van der Waals surface area (Å²) in [6.07, 6.45) is 0.375. The highest BCUT2D eigenvalue weighted by molar-refractivity contribution is 6.10. The Kier molecular flexibility index (Phi) is 4.69. The molecule has 0 aromatic heterocycles. The number of anilines is 2. The molecule has 1 aliphatic rings. The third-order valence-electron chi connectivity index (χ3n) is 4.11. The Bertz CT molecular complexity index is 729. The van der Waals surface area contributed by atoms with Gasteiger partial charge in [-0.05, 0) is 48.0 Å². The van der Waals surface area contributed by atoms with Crippen LogP contribution in [-0.2, 0) is 6.54 Å². The minimum atomic E-state index is -0.389. The van der Waals surface area contributed by atoms with Gasteiger partial charge < -0.3 is 14.5 Å². The first-order valence-electron chi connectivity index (χ1n) is 8.01. The second-order valence-corrected chi connectivity index (χ2v) is 6.01. The number of hydrogen-bond donors (Lipinski definition) is 0. The molecule has 0 saturated heterocycles. The summed E-state index contributed by atoms with van der Waals surface area (Å²) in [4.78, 5) is 16.4. The molecular weight excluding hydrogens is 307 g/mol. The molecule has 0 spiro atoms. The average molecular weight is 328 g/mol. The van der Waals surface area contributed by atoms with E-state index in [9.17, 15) is 9.18 Å². The molecule has 0 saturated carbocycles. The van der Waals surface area contributed by atoms with Gasteiger partial charge in [-0.2, -0.15) is 0 Å². The Morgan fingerprint density at radius 3 is 2.58 bits per heavy atom. The lowest BCUT2D eigenvalue weighted by Gasteiger charge is -2.18. The van der Waals surface area contributed by atoms with Crippen molar-refractivity contribution in [3.8, 4) is 5.75 Å². The number of amides is 1. The summed E-state index contributed by atoms with van der Waals surface area (Å²) in [6.45, 7) is 0.481. The number of alkyl halides is 1. The first-order chi connectivity index (χ1) is 11.6. The Labute approximate surface area is 141 Å². The van der Waals surface area contributed by atoms with Crippen LogP contribution in [0.3, 0.4) is 0 Å². The highest BCUT2D eigenvalue weighted by Crippen LogP contribution is 2.31. The van der Waals surface area contributed by atoms with E-state index in [1.165, 1.54) is 0 Å². The van der Waals surface area contributed by atoms with Crippen LogP contribution in [0.1, 0.15) is 22.3 Å². The van der Waals surface area contributed by atoms with Gasteiger partial charge in [-0.25, -0.2) is 0 Å². The largest absolute Gasteiger partial charge is 0.493 e. The molecule has 0 aliphatic carbocycles. The van der Waals surface area contributed by atoms with E-state index < -0.39 is 0 Å². The van der Waals surface area contributed by atoms with E-state index >= 15 is 0 Å². The maximum absolute atomic E-state index is 12.6. The normalized spacial score (nSPS) is 13.1. The summed E-state index contributed by atoms with van der Waals surface area (Å²) in [6, 6.07) is 13.3. The average Bonchev–Trinajstić information content (AvgIpc) is 2.91. The first kappa shape index (κ1) is 16.3. The molecule has 0 fully saturated rings. The van der Waals surface area contributed by atoms with Gasteiger partial charge in [-0.3, -0.25) is 9.18 Å². The van der Waals surface area contributed by atoms with Crippen LogP contribution < -0.4 is 14.5 Å². The maximum atomic E-state index is 12.6. The van der Waals surface area contributed by atoms with Gasteiger partial charge in [-0.1, -0.05) is 0 Å². The summed E-state index contributed by atoms with van der Waals surface area (Å²) in [7, 11) is 3.96. The number of carbonyl (C=O) groups is 1. The van der Waals surface area contributed by atoms with E-state index in [4.69, 9.17) is 4.74 Å². The molecule has 2 aromatic carbocycles. The van der Waals surface area contributed by atoms with Gasteiger partial charge in [0.25, 0.3) is 5.91 Å². The second kappa shape index (κ2) is 6.91. The monoisotopic (exact) mass is 328 g/mol. The number of halogens is 1. The SMILES string of the molecule is CN(C)c1ccc(N2Cc3cc(OCCCF)ccc3C2=O)cc1. The number of nitrogens with zero attached hydrogens (tertiary/aromatic N) is 2. The third kappa shape index (κ3) is 3.20. The predicted molar refractivity (Wildman–Crippen MR) is 93.8 cm³/mol. The van der Waals surface area contributed by atoms with Gasteiger partial charge in [0, 0.05) is 37.5 Å². The van der Waals surface area contributed by atoms with E-state index in [-0.39, 0.29) is 12.6 Å². The standard InChI is InChI=1S/C19H21FN2O2/c1-21(2)15-4-6-16(7-5-15)22-13-14-12-17(24-11-3-10-20)8-9-18(14)19(22)23/h4-9,12H,3,10-11,13H2,1-2H3. The summed E-state index contributed by atoms with van der Waals surface area (Å²) >= 11 is 0. The van der Waals surface area contributed by atoms with E-state index in [0.717, 1.165) is 16.9 Å². The fourth-order valence-electron chi connectivity index (χ4n) is 2.77. The minimum absolute atomic E-state index is 0.00193.